The zero-order valence-corrected chi connectivity index (χ0v) is 7.08. The maximum Gasteiger partial charge on any atom is 0.125 e. The summed E-state index contributed by atoms with van der Waals surface area (Å²) in [6.45, 7) is 2.93. The lowest BCUT2D eigenvalue weighted by atomic mass is 9.99. The quantitative estimate of drug-likeness (QED) is 0.580. The maximum absolute atomic E-state index is 10.5. The molecule has 2 atom stereocenters. The molecule has 0 amide bonds. The molecule has 0 radical (unpaired) electrons. The summed E-state index contributed by atoms with van der Waals surface area (Å²) < 4.78 is 5.43. The van der Waals surface area contributed by atoms with Crippen LogP contribution in [0.25, 0.3) is 0 Å². The van der Waals surface area contributed by atoms with E-state index in [2.05, 4.69) is 6.92 Å². The topological polar surface area (TPSA) is 26.3 Å². The molecule has 0 N–H and O–H groups in total. The molecule has 64 valence electrons. The van der Waals surface area contributed by atoms with Crippen molar-refractivity contribution in [2.24, 2.45) is 5.92 Å². The Labute approximate surface area is 67.9 Å². The van der Waals surface area contributed by atoms with Crippen LogP contribution in [0, 0.1) is 5.92 Å². The highest BCUT2D eigenvalue weighted by molar-refractivity contribution is 5.54. The van der Waals surface area contributed by atoms with Crippen LogP contribution in [0.3, 0.4) is 0 Å². The van der Waals surface area contributed by atoms with E-state index in [1.165, 1.54) is 12.8 Å². The Balaban J connectivity index is 2.25. The number of hydrogen-bond donors (Lipinski definition) is 0. The van der Waals surface area contributed by atoms with Crippen molar-refractivity contribution in [3.05, 3.63) is 0 Å². The van der Waals surface area contributed by atoms with Crippen molar-refractivity contribution >= 4 is 6.29 Å². The van der Waals surface area contributed by atoms with E-state index in [9.17, 15) is 4.79 Å². The van der Waals surface area contributed by atoms with Gasteiger partial charge in [0.2, 0.25) is 0 Å². The van der Waals surface area contributed by atoms with E-state index in [-0.39, 0.29) is 12.0 Å². The molecular formula is C9H16O2. The molecule has 2 nitrogen and oxygen atoms in total. The van der Waals surface area contributed by atoms with Crippen molar-refractivity contribution in [1.82, 2.24) is 0 Å². The molecule has 1 fully saturated rings. The largest absolute Gasteiger partial charge is 0.377 e. The minimum atomic E-state index is 0.182. The molecule has 0 aromatic heterocycles. The number of aldehydes is 1. The van der Waals surface area contributed by atoms with Gasteiger partial charge in [0.25, 0.3) is 0 Å². The van der Waals surface area contributed by atoms with Gasteiger partial charge in [-0.2, -0.15) is 0 Å². The average molecular weight is 156 g/mol. The van der Waals surface area contributed by atoms with Crippen molar-refractivity contribution in [2.75, 3.05) is 6.61 Å². The van der Waals surface area contributed by atoms with Crippen molar-refractivity contribution < 1.29 is 9.53 Å². The first kappa shape index (κ1) is 8.72. The number of ether oxygens (including phenoxy) is 1. The second kappa shape index (κ2) is 4.50. The zero-order chi connectivity index (χ0) is 8.10. The zero-order valence-electron chi connectivity index (χ0n) is 7.08. The minimum absolute atomic E-state index is 0.182. The number of rotatable bonds is 4. The Hall–Kier alpha value is -0.370. The van der Waals surface area contributed by atoms with Gasteiger partial charge in [0.05, 0.1) is 6.10 Å². The van der Waals surface area contributed by atoms with Crippen LogP contribution in [-0.2, 0) is 9.53 Å². The molecule has 1 saturated heterocycles. The third-order valence-corrected chi connectivity index (χ3v) is 2.28. The molecule has 1 aliphatic rings. The fourth-order valence-electron chi connectivity index (χ4n) is 1.52. The fourth-order valence-corrected chi connectivity index (χ4v) is 1.52. The van der Waals surface area contributed by atoms with E-state index in [0.717, 1.165) is 25.7 Å². The summed E-state index contributed by atoms with van der Waals surface area (Å²) in [4.78, 5) is 10.5. The van der Waals surface area contributed by atoms with Crippen LogP contribution in [0.4, 0.5) is 0 Å². The van der Waals surface area contributed by atoms with Gasteiger partial charge in [0, 0.05) is 12.5 Å². The second-order valence-electron chi connectivity index (χ2n) is 3.14. The van der Waals surface area contributed by atoms with E-state index in [1.807, 2.05) is 0 Å². The lowest BCUT2D eigenvalue weighted by Gasteiger charge is -2.11. The third-order valence-electron chi connectivity index (χ3n) is 2.28. The van der Waals surface area contributed by atoms with Gasteiger partial charge in [-0.1, -0.05) is 19.8 Å². The van der Waals surface area contributed by atoms with Gasteiger partial charge in [-0.05, 0) is 12.8 Å². The van der Waals surface area contributed by atoms with Crippen LogP contribution in [0.15, 0.2) is 0 Å². The minimum Gasteiger partial charge on any atom is -0.377 e. The van der Waals surface area contributed by atoms with E-state index >= 15 is 0 Å². The molecule has 1 aliphatic heterocycles. The molecule has 1 rings (SSSR count). The van der Waals surface area contributed by atoms with Gasteiger partial charge in [0.1, 0.15) is 6.29 Å². The van der Waals surface area contributed by atoms with Crippen LogP contribution in [0.1, 0.15) is 32.6 Å². The van der Waals surface area contributed by atoms with E-state index in [4.69, 9.17) is 4.74 Å². The Kier molecular flexibility index (Phi) is 3.57. The van der Waals surface area contributed by atoms with Crippen molar-refractivity contribution in [1.29, 1.82) is 0 Å². The Bertz CT molecular complexity index is 123. The fraction of sp³-hybridized carbons (Fsp3) is 0.889. The highest BCUT2D eigenvalue weighted by atomic mass is 16.5. The molecular weight excluding hydrogens is 140 g/mol. The van der Waals surface area contributed by atoms with E-state index in [1.54, 1.807) is 0 Å². The molecule has 2 heteroatoms. The monoisotopic (exact) mass is 156 g/mol. The molecule has 0 saturated carbocycles. The smallest absolute Gasteiger partial charge is 0.125 e. The van der Waals surface area contributed by atoms with Gasteiger partial charge in [-0.3, -0.25) is 0 Å². The normalized spacial score (nSPS) is 30.6. The Morgan fingerprint density at radius 1 is 1.64 bits per heavy atom. The van der Waals surface area contributed by atoms with Gasteiger partial charge >= 0.3 is 0 Å². The molecule has 0 aliphatic carbocycles. The number of hydrogen-bond acceptors (Lipinski definition) is 2. The van der Waals surface area contributed by atoms with Crippen LogP contribution < -0.4 is 0 Å². The molecule has 0 spiro atoms. The van der Waals surface area contributed by atoms with Gasteiger partial charge < -0.3 is 9.53 Å². The summed E-state index contributed by atoms with van der Waals surface area (Å²) >= 11 is 0. The molecule has 1 heterocycles. The van der Waals surface area contributed by atoms with E-state index < -0.39 is 0 Å². The van der Waals surface area contributed by atoms with Gasteiger partial charge in [-0.25, -0.2) is 0 Å². The lowest BCUT2D eigenvalue weighted by Crippen LogP contribution is -2.16. The van der Waals surface area contributed by atoms with Gasteiger partial charge in [-0.15, -0.1) is 0 Å². The second-order valence-corrected chi connectivity index (χ2v) is 3.14. The van der Waals surface area contributed by atoms with Crippen LogP contribution in [0.5, 0.6) is 0 Å². The van der Waals surface area contributed by atoms with Crippen molar-refractivity contribution in [3.63, 3.8) is 0 Å². The average Bonchev–Trinajstić information content (AvgIpc) is 2.47. The van der Waals surface area contributed by atoms with Crippen LogP contribution in [-0.4, -0.2) is 19.0 Å². The van der Waals surface area contributed by atoms with Gasteiger partial charge in [0.15, 0.2) is 0 Å². The highest BCUT2D eigenvalue weighted by Gasteiger charge is 2.26. The summed E-state index contributed by atoms with van der Waals surface area (Å²) in [5.74, 6) is 0.182. The molecule has 0 unspecified atom stereocenters. The molecule has 0 aromatic rings. The Morgan fingerprint density at radius 3 is 3.09 bits per heavy atom. The molecule has 11 heavy (non-hydrogen) atoms. The first-order valence-electron chi connectivity index (χ1n) is 4.45. The van der Waals surface area contributed by atoms with Crippen molar-refractivity contribution in [2.45, 2.75) is 38.7 Å². The number of unbranched alkanes of at least 4 members (excludes halogenated alkanes) is 1. The number of carbonyl (C=O) groups is 1. The number of carbonyl (C=O) groups excluding carboxylic acids is 1. The predicted octanol–water partition coefficient (Wildman–Crippen LogP) is 1.78. The maximum atomic E-state index is 10.5. The lowest BCUT2D eigenvalue weighted by molar-refractivity contribution is -0.112. The summed E-state index contributed by atoms with van der Waals surface area (Å²) in [6.07, 6.45) is 5.62. The molecule has 0 aromatic carbocycles. The predicted molar refractivity (Wildman–Crippen MR) is 43.4 cm³/mol. The van der Waals surface area contributed by atoms with Crippen molar-refractivity contribution in [3.8, 4) is 0 Å². The summed E-state index contributed by atoms with van der Waals surface area (Å²) in [5, 5.41) is 0. The van der Waals surface area contributed by atoms with Crippen LogP contribution in [0.2, 0.25) is 0 Å². The Morgan fingerprint density at radius 2 is 2.45 bits per heavy atom. The third kappa shape index (κ3) is 2.29. The van der Waals surface area contributed by atoms with Crippen LogP contribution >= 0.6 is 0 Å². The summed E-state index contributed by atoms with van der Waals surface area (Å²) in [6, 6.07) is 0. The first-order chi connectivity index (χ1) is 5.38. The summed E-state index contributed by atoms with van der Waals surface area (Å²) in [5.41, 5.74) is 0. The molecule has 0 bridgehead atoms. The highest BCUT2D eigenvalue weighted by Crippen LogP contribution is 2.22. The first-order valence-corrected chi connectivity index (χ1v) is 4.45. The standard InChI is InChI=1S/C9H16O2/c1-2-3-4-9-8(7-10)5-6-11-9/h7-9H,2-6H2,1H3/t8-,9+/m1/s1. The summed E-state index contributed by atoms with van der Waals surface area (Å²) in [7, 11) is 0. The SMILES string of the molecule is CCCC[C@@H]1OCC[C@@H]1C=O. The van der Waals surface area contributed by atoms with E-state index in [0.29, 0.717) is 0 Å².